The Labute approximate surface area is 135 Å². The molecular weight excluding hydrogens is 395 g/mol. The normalized spacial score (nSPS) is 13.3. The van der Waals surface area contributed by atoms with Crippen molar-refractivity contribution in [2.45, 2.75) is 24.3 Å². The lowest BCUT2D eigenvalue weighted by molar-refractivity contribution is 0.572. The molecule has 0 aliphatic rings. The highest BCUT2D eigenvalue weighted by Gasteiger charge is 2.26. The van der Waals surface area contributed by atoms with Crippen molar-refractivity contribution in [1.82, 2.24) is 4.72 Å². The Bertz CT molecular complexity index is 585. The summed E-state index contributed by atoms with van der Waals surface area (Å²) in [7, 11) is -3.90. The molecule has 4 nitrogen and oxygen atoms in total. The minimum Gasteiger partial charge on any atom is -0.392 e. The van der Waals surface area contributed by atoms with Gasteiger partial charge in [-0.15, -0.1) is 0 Å². The van der Waals surface area contributed by atoms with Gasteiger partial charge in [0.2, 0.25) is 10.0 Å². The van der Waals surface area contributed by atoms with Crippen LogP contribution in [0.15, 0.2) is 21.5 Å². The first-order valence-electron chi connectivity index (χ1n) is 5.15. The fraction of sp³-hybridized carbons (Fsp3) is 0.300. The highest BCUT2D eigenvalue weighted by molar-refractivity contribution is 9.10. The van der Waals surface area contributed by atoms with Crippen molar-refractivity contribution in [3.8, 4) is 0 Å². The molecule has 3 N–H and O–H groups in total. The van der Waals surface area contributed by atoms with Crippen molar-refractivity contribution in [3.05, 3.63) is 26.7 Å². The van der Waals surface area contributed by atoms with Crippen LogP contribution in [0.1, 0.15) is 13.3 Å². The Morgan fingerprint density at radius 1 is 1.47 bits per heavy atom. The van der Waals surface area contributed by atoms with Gasteiger partial charge in [-0.05, 0) is 18.6 Å². The van der Waals surface area contributed by atoms with E-state index in [1.54, 1.807) is 6.92 Å². The third-order valence-electron chi connectivity index (χ3n) is 2.28. The largest absolute Gasteiger partial charge is 0.392 e. The molecule has 1 unspecified atom stereocenters. The summed E-state index contributed by atoms with van der Waals surface area (Å²) in [4.78, 5) is -0.121. The molecule has 0 heterocycles. The Balaban J connectivity index is 3.25. The summed E-state index contributed by atoms with van der Waals surface area (Å²) in [6.07, 6.45) is 0.431. The van der Waals surface area contributed by atoms with Gasteiger partial charge in [0, 0.05) is 4.47 Å². The third-order valence-corrected chi connectivity index (χ3v) is 5.42. The number of sulfonamides is 1. The summed E-state index contributed by atoms with van der Waals surface area (Å²) in [5.41, 5.74) is 5.46. The van der Waals surface area contributed by atoms with E-state index < -0.39 is 16.1 Å². The predicted molar refractivity (Wildman–Crippen MR) is 85.3 cm³/mol. The second-order valence-corrected chi connectivity index (χ2v) is 7.54. The fourth-order valence-electron chi connectivity index (χ4n) is 1.37. The average Bonchev–Trinajstić information content (AvgIpc) is 2.23. The van der Waals surface area contributed by atoms with E-state index in [2.05, 4.69) is 20.7 Å². The molecule has 19 heavy (non-hydrogen) atoms. The minimum atomic E-state index is -3.90. The summed E-state index contributed by atoms with van der Waals surface area (Å²) in [5, 5.41) is 0.0364. The molecule has 1 aromatic carbocycles. The van der Waals surface area contributed by atoms with E-state index in [0.717, 1.165) is 0 Å². The molecule has 1 atom stereocenters. The summed E-state index contributed by atoms with van der Waals surface area (Å²) < 4.78 is 27.5. The van der Waals surface area contributed by atoms with Gasteiger partial charge in [0.05, 0.1) is 21.1 Å². The Kier molecular flexibility index (Phi) is 6.03. The number of nitrogens with one attached hydrogen (secondary N) is 1. The summed E-state index contributed by atoms with van der Waals surface area (Å²) in [6.45, 7) is 1.76. The summed E-state index contributed by atoms with van der Waals surface area (Å²) >= 11 is 19.8. The second-order valence-electron chi connectivity index (χ2n) is 3.68. The van der Waals surface area contributed by atoms with Crippen LogP contribution >= 0.6 is 51.3 Å². The smallest absolute Gasteiger partial charge is 0.244 e. The van der Waals surface area contributed by atoms with Gasteiger partial charge in [-0.3, -0.25) is 0 Å². The molecule has 0 radical (unpaired) electrons. The Morgan fingerprint density at radius 3 is 2.32 bits per heavy atom. The summed E-state index contributed by atoms with van der Waals surface area (Å²) in [6, 6.07) is 2.25. The lowest BCUT2D eigenvalue weighted by atomic mass is 10.2. The lowest BCUT2D eigenvalue weighted by Gasteiger charge is -2.17. The zero-order valence-electron chi connectivity index (χ0n) is 9.78. The van der Waals surface area contributed by atoms with E-state index in [9.17, 15) is 8.42 Å². The molecule has 0 spiro atoms. The highest BCUT2D eigenvalue weighted by atomic mass is 79.9. The van der Waals surface area contributed by atoms with Crippen LogP contribution in [-0.4, -0.2) is 19.4 Å². The predicted octanol–water partition coefficient (Wildman–Crippen LogP) is 3.10. The second kappa shape index (κ2) is 6.69. The minimum absolute atomic E-state index is 0.0182. The monoisotopic (exact) mass is 404 g/mol. The third kappa shape index (κ3) is 4.27. The summed E-state index contributed by atoms with van der Waals surface area (Å²) in [5.74, 6) is 0. The quantitative estimate of drug-likeness (QED) is 0.738. The van der Waals surface area contributed by atoms with E-state index in [1.807, 2.05) is 0 Å². The van der Waals surface area contributed by atoms with Crippen LogP contribution in [0.3, 0.4) is 0 Å². The molecule has 0 bridgehead atoms. The van der Waals surface area contributed by atoms with Crippen LogP contribution in [0.4, 0.5) is 0 Å². The van der Waals surface area contributed by atoms with Crippen LogP contribution in [-0.2, 0) is 10.0 Å². The van der Waals surface area contributed by atoms with Crippen molar-refractivity contribution in [2.24, 2.45) is 5.73 Å². The molecule has 1 rings (SSSR count). The van der Waals surface area contributed by atoms with E-state index >= 15 is 0 Å². The highest BCUT2D eigenvalue weighted by Crippen LogP contribution is 2.32. The number of nitrogens with two attached hydrogens (primary N) is 1. The van der Waals surface area contributed by atoms with Gasteiger partial charge in [-0.25, -0.2) is 13.1 Å². The van der Waals surface area contributed by atoms with Crippen LogP contribution in [0.25, 0.3) is 0 Å². The number of rotatable bonds is 5. The molecule has 0 saturated carbocycles. The molecule has 1 aromatic rings. The molecule has 0 aliphatic carbocycles. The fourth-order valence-corrected chi connectivity index (χ4v) is 4.91. The van der Waals surface area contributed by atoms with E-state index in [4.69, 9.17) is 41.2 Å². The maximum Gasteiger partial charge on any atom is 0.244 e. The van der Waals surface area contributed by atoms with Crippen molar-refractivity contribution in [3.63, 3.8) is 0 Å². The van der Waals surface area contributed by atoms with Gasteiger partial charge in [0.25, 0.3) is 0 Å². The zero-order valence-corrected chi connectivity index (χ0v) is 14.5. The standard InChI is InChI=1S/C10H11BrCl2N2O2S2/c1-2-8(10(14)18)15-19(16,17)9-6(12)3-5(11)4-7(9)13/h3-4,8,15H,2H2,1H3,(H2,14,18). The lowest BCUT2D eigenvalue weighted by Crippen LogP contribution is -2.43. The van der Waals surface area contributed by atoms with Crippen LogP contribution in [0.2, 0.25) is 10.0 Å². The van der Waals surface area contributed by atoms with E-state index in [0.29, 0.717) is 10.9 Å². The maximum atomic E-state index is 12.2. The van der Waals surface area contributed by atoms with Gasteiger partial charge >= 0.3 is 0 Å². The van der Waals surface area contributed by atoms with Gasteiger partial charge in [-0.1, -0.05) is 58.3 Å². The SMILES string of the molecule is CCC(NS(=O)(=O)c1c(Cl)cc(Br)cc1Cl)C(N)=S. The molecule has 106 valence electrons. The first-order chi connectivity index (χ1) is 8.69. The van der Waals surface area contributed by atoms with Crippen molar-refractivity contribution >= 4 is 66.4 Å². The number of hydrogen-bond acceptors (Lipinski definition) is 3. The molecule has 0 amide bonds. The topological polar surface area (TPSA) is 72.2 Å². The first-order valence-corrected chi connectivity index (χ1v) is 8.59. The molecule has 0 saturated heterocycles. The van der Waals surface area contributed by atoms with Gasteiger partial charge in [0.15, 0.2) is 0 Å². The first kappa shape index (κ1) is 17.1. The Hall–Kier alpha value is 0.0800. The van der Waals surface area contributed by atoms with Crippen LogP contribution in [0.5, 0.6) is 0 Å². The van der Waals surface area contributed by atoms with E-state index in [-0.39, 0.29) is 19.9 Å². The Morgan fingerprint density at radius 2 is 1.95 bits per heavy atom. The van der Waals surface area contributed by atoms with Gasteiger partial charge < -0.3 is 5.73 Å². The van der Waals surface area contributed by atoms with Gasteiger partial charge in [-0.2, -0.15) is 0 Å². The van der Waals surface area contributed by atoms with Crippen molar-refractivity contribution < 1.29 is 8.42 Å². The van der Waals surface area contributed by atoms with Crippen LogP contribution in [0, 0.1) is 0 Å². The van der Waals surface area contributed by atoms with E-state index in [1.165, 1.54) is 12.1 Å². The molecule has 0 fully saturated rings. The van der Waals surface area contributed by atoms with Gasteiger partial charge in [0.1, 0.15) is 4.90 Å². The molecule has 0 aromatic heterocycles. The van der Waals surface area contributed by atoms with Crippen molar-refractivity contribution in [2.75, 3.05) is 0 Å². The van der Waals surface area contributed by atoms with Crippen LogP contribution < -0.4 is 10.5 Å². The van der Waals surface area contributed by atoms with Crippen molar-refractivity contribution in [1.29, 1.82) is 0 Å². The maximum absolute atomic E-state index is 12.2. The number of halogens is 3. The average molecular weight is 406 g/mol. The molecule has 9 heteroatoms. The zero-order chi connectivity index (χ0) is 14.8. The molecular formula is C10H11BrCl2N2O2S2. The number of benzene rings is 1. The number of hydrogen-bond donors (Lipinski definition) is 2. The number of thiocarbonyl (C=S) groups is 1. The molecule has 0 aliphatic heterocycles.